The largest absolute Gasteiger partial charge is 0.399 e. The first-order chi connectivity index (χ1) is 8.97. The fourth-order valence-electron chi connectivity index (χ4n) is 2.25. The minimum atomic E-state index is -0.529. The smallest absolute Gasteiger partial charge is 0.254 e. The maximum absolute atomic E-state index is 13.9. The van der Waals surface area contributed by atoms with Gasteiger partial charge in [-0.25, -0.2) is 4.39 Å². The molecule has 0 aliphatic heterocycles. The van der Waals surface area contributed by atoms with Crippen molar-refractivity contribution in [1.29, 1.82) is 0 Å². The fraction of sp³-hybridized carbons (Fsp3) is 0.500. The summed E-state index contributed by atoms with van der Waals surface area (Å²) in [6.45, 7) is 2.16. The molecule has 1 amide bonds. The third kappa shape index (κ3) is 3.04. The molecule has 0 spiro atoms. The lowest BCUT2D eigenvalue weighted by Crippen LogP contribution is -2.31. The molecule has 0 atom stereocenters. The normalized spacial score (nSPS) is 16.2. The number of hydrogen-bond acceptors (Lipinski definition) is 3. The van der Waals surface area contributed by atoms with Gasteiger partial charge in [-0.2, -0.15) is 0 Å². The standard InChI is InChI=1S/C14H19FN2O2/c1-9-6-10(16)7-11(12(9)15)13(19)17-8-14(2-3-14)4-5-18/h6-7,18H,2-5,8,16H2,1H3,(H,17,19). The molecule has 1 saturated carbocycles. The minimum absolute atomic E-state index is 0.0102. The number of nitrogens with two attached hydrogens (primary N) is 1. The quantitative estimate of drug-likeness (QED) is 0.709. The number of hydrogen-bond donors (Lipinski definition) is 3. The third-order valence-corrected chi connectivity index (χ3v) is 3.74. The summed E-state index contributed by atoms with van der Waals surface area (Å²) in [7, 11) is 0. The van der Waals surface area contributed by atoms with Crippen LogP contribution in [0.15, 0.2) is 12.1 Å². The number of carbonyl (C=O) groups is 1. The molecule has 0 heterocycles. The van der Waals surface area contributed by atoms with Gasteiger partial charge in [0.05, 0.1) is 5.56 Å². The van der Waals surface area contributed by atoms with Crippen LogP contribution < -0.4 is 11.1 Å². The number of anilines is 1. The summed E-state index contributed by atoms with van der Waals surface area (Å²) in [5, 5.41) is 11.7. The molecule has 0 unspecified atom stereocenters. The van der Waals surface area contributed by atoms with E-state index < -0.39 is 11.7 Å². The van der Waals surface area contributed by atoms with E-state index >= 15 is 0 Å². The van der Waals surface area contributed by atoms with Gasteiger partial charge in [-0.05, 0) is 49.3 Å². The third-order valence-electron chi connectivity index (χ3n) is 3.74. The van der Waals surface area contributed by atoms with Gasteiger partial charge in [0, 0.05) is 18.8 Å². The topological polar surface area (TPSA) is 75.4 Å². The first-order valence-corrected chi connectivity index (χ1v) is 6.42. The molecule has 1 aromatic carbocycles. The average Bonchev–Trinajstić information content (AvgIpc) is 3.12. The number of aryl methyl sites for hydroxylation is 1. The Bertz CT molecular complexity index is 498. The van der Waals surface area contributed by atoms with Crippen LogP contribution in [0, 0.1) is 18.2 Å². The Labute approximate surface area is 111 Å². The van der Waals surface area contributed by atoms with E-state index in [1.807, 2.05) is 0 Å². The number of amides is 1. The van der Waals surface area contributed by atoms with Crippen LogP contribution in [0.2, 0.25) is 0 Å². The average molecular weight is 266 g/mol. The van der Waals surface area contributed by atoms with Gasteiger partial charge in [-0.1, -0.05) is 0 Å². The summed E-state index contributed by atoms with van der Waals surface area (Å²) < 4.78 is 13.9. The number of aliphatic hydroxyl groups is 1. The summed E-state index contributed by atoms with van der Waals surface area (Å²) in [5.74, 6) is -0.976. The van der Waals surface area contributed by atoms with Crippen LogP contribution in [0.5, 0.6) is 0 Å². The van der Waals surface area contributed by atoms with Crippen molar-refractivity contribution in [2.24, 2.45) is 5.41 Å². The van der Waals surface area contributed by atoms with Crippen LogP contribution in [0.3, 0.4) is 0 Å². The van der Waals surface area contributed by atoms with Crippen LogP contribution in [0.25, 0.3) is 0 Å². The highest BCUT2D eigenvalue weighted by molar-refractivity contribution is 5.95. The molecule has 0 bridgehead atoms. The maximum Gasteiger partial charge on any atom is 0.254 e. The van der Waals surface area contributed by atoms with Crippen LogP contribution in [-0.4, -0.2) is 24.2 Å². The molecule has 4 N–H and O–H groups in total. The van der Waals surface area contributed by atoms with Crippen molar-refractivity contribution in [3.63, 3.8) is 0 Å². The van der Waals surface area contributed by atoms with Gasteiger partial charge in [0.15, 0.2) is 0 Å². The number of halogens is 1. The molecule has 19 heavy (non-hydrogen) atoms. The highest BCUT2D eigenvalue weighted by atomic mass is 19.1. The number of rotatable bonds is 5. The summed E-state index contributed by atoms with van der Waals surface area (Å²) in [4.78, 5) is 12.0. The Kier molecular flexibility index (Phi) is 3.75. The molecule has 0 aromatic heterocycles. The number of nitrogens with one attached hydrogen (secondary N) is 1. The SMILES string of the molecule is Cc1cc(N)cc(C(=O)NCC2(CCO)CC2)c1F. The van der Waals surface area contributed by atoms with Crippen molar-refractivity contribution in [2.75, 3.05) is 18.9 Å². The molecule has 4 nitrogen and oxygen atoms in total. The van der Waals surface area contributed by atoms with E-state index in [9.17, 15) is 9.18 Å². The number of aliphatic hydroxyl groups excluding tert-OH is 1. The monoisotopic (exact) mass is 266 g/mol. The lowest BCUT2D eigenvalue weighted by molar-refractivity contribution is 0.0936. The Morgan fingerprint density at radius 2 is 2.21 bits per heavy atom. The van der Waals surface area contributed by atoms with E-state index in [4.69, 9.17) is 10.8 Å². The van der Waals surface area contributed by atoms with Gasteiger partial charge in [-0.3, -0.25) is 4.79 Å². The first kappa shape index (κ1) is 13.8. The van der Waals surface area contributed by atoms with Gasteiger partial charge in [0.2, 0.25) is 0 Å². The molecule has 5 heteroatoms. The van der Waals surface area contributed by atoms with Gasteiger partial charge in [0.25, 0.3) is 5.91 Å². The van der Waals surface area contributed by atoms with E-state index in [2.05, 4.69) is 5.32 Å². The van der Waals surface area contributed by atoms with Gasteiger partial charge >= 0.3 is 0 Å². The summed E-state index contributed by atoms with van der Waals surface area (Å²) in [6.07, 6.45) is 2.66. The first-order valence-electron chi connectivity index (χ1n) is 6.42. The zero-order valence-corrected chi connectivity index (χ0v) is 11.0. The van der Waals surface area contributed by atoms with E-state index in [0.29, 0.717) is 24.2 Å². The van der Waals surface area contributed by atoms with Crippen LogP contribution in [-0.2, 0) is 0 Å². The van der Waals surface area contributed by atoms with Crippen molar-refractivity contribution in [3.05, 3.63) is 29.1 Å². The van der Waals surface area contributed by atoms with E-state index in [0.717, 1.165) is 12.8 Å². The van der Waals surface area contributed by atoms with Gasteiger partial charge in [0.1, 0.15) is 5.82 Å². The Morgan fingerprint density at radius 1 is 1.53 bits per heavy atom. The van der Waals surface area contributed by atoms with E-state index in [1.165, 1.54) is 12.1 Å². The summed E-state index contributed by atoms with van der Waals surface area (Å²) >= 11 is 0. The molecule has 1 aromatic rings. The fourth-order valence-corrected chi connectivity index (χ4v) is 2.25. The van der Waals surface area contributed by atoms with Gasteiger partial charge in [-0.15, -0.1) is 0 Å². The van der Waals surface area contributed by atoms with Crippen molar-refractivity contribution in [3.8, 4) is 0 Å². The highest BCUT2D eigenvalue weighted by Gasteiger charge is 2.42. The molecular weight excluding hydrogens is 247 g/mol. The molecule has 1 aliphatic rings. The molecule has 2 rings (SSSR count). The lowest BCUT2D eigenvalue weighted by Gasteiger charge is -2.15. The van der Waals surface area contributed by atoms with Crippen LogP contribution in [0.4, 0.5) is 10.1 Å². The van der Waals surface area contributed by atoms with Crippen LogP contribution in [0.1, 0.15) is 35.2 Å². The van der Waals surface area contributed by atoms with Crippen LogP contribution >= 0.6 is 0 Å². The molecular formula is C14H19FN2O2. The maximum atomic E-state index is 13.9. The molecule has 1 aliphatic carbocycles. The summed E-state index contributed by atoms with van der Waals surface area (Å²) in [6, 6.07) is 2.85. The van der Waals surface area contributed by atoms with Crippen molar-refractivity contribution >= 4 is 11.6 Å². The highest BCUT2D eigenvalue weighted by Crippen LogP contribution is 2.47. The number of carbonyl (C=O) groups excluding carboxylic acids is 1. The number of benzene rings is 1. The molecule has 104 valence electrons. The molecule has 0 saturated heterocycles. The molecule has 0 radical (unpaired) electrons. The predicted molar refractivity (Wildman–Crippen MR) is 71.3 cm³/mol. The Morgan fingerprint density at radius 3 is 2.79 bits per heavy atom. The minimum Gasteiger partial charge on any atom is -0.399 e. The van der Waals surface area contributed by atoms with Crippen molar-refractivity contribution in [1.82, 2.24) is 5.32 Å². The van der Waals surface area contributed by atoms with E-state index in [1.54, 1.807) is 6.92 Å². The second-order valence-electron chi connectivity index (χ2n) is 5.36. The zero-order valence-electron chi connectivity index (χ0n) is 11.0. The van der Waals surface area contributed by atoms with Crippen molar-refractivity contribution in [2.45, 2.75) is 26.2 Å². The predicted octanol–water partition coefficient (Wildman–Crippen LogP) is 1.61. The summed E-state index contributed by atoms with van der Waals surface area (Å²) in [5.41, 5.74) is 6.36. The Hall–Kier alpha value is -1.62. The second-order valence-corrected chi connectivity index (χ2v) is 5.36. The zero-order chi connectivity index (χ0) is 14.0. The van der Waals surface area contributed by atoms with Crippen molar-refractivity contribution < 1.29 is 14.3 Å². The van der Waals surface area contributed by atoms with Gasteiger partial charge < -0.3 is 16.2 Å². The lowest BCUT2D eigenvalue weighted by atomic mass is 10.0. The second kappa shape index (κ2) is 5.17. The Balaban J connectivity index is 2.04. The molecule has 1 fully saturated rings. The number of nitrogen functional groups attached to an aromatic ring is 1. The van der Waals surface area contributed by atoms with E-state index in [-0.39, 0.29) is 17.6 Å².